The van der Waals surface area contributed by atoms with Crippen molar-refractivity contribution in [2.45, 2.75) is 25.8 Å². The SMILES string of the molecule is CCCc1cccc(C(NN)c2cc(Br)cs2)c1. The number of hydrogen-bond acceptors (Lipinski definition) is 3. The van der Waals surface area contributed by atoms with Crippen LogP contribution in [-0.2, 0) is 6.42 Å². The molecule has 0 aliphatic heterocycles. The third-order valence-corrected chi connectivity index (χ3v) is 4.62. The fraction of sp³-hybridized carbons (Fsp3) is 0.286. The van der Waals surface area contributed by atoms with Crippen molar-refractivity contribution in [3.63, 3.8) is 0 Å². The molecule has 2 nitrogen and oxygen atoms in total. The summed E-state index contributed by atoms with van der Waals surface area (Å²) in [4.78, 5) is 1.22. The first kappa shape index (κ1) is 13.7. The molecule has 0 aliphatic carbocycles. The molecule has 2 aromatic rings. The number of aryl methyl sites for hydroxylation is 1. The van der Waals surface area contributed by atoms with Crippen molar-refractivity contribution >= 4 is 27.3 Å². The zero-order valence-corrected chi connectivity index (χ0v) is 12.7. The van der Waals surface area contributed by atoms with Crippen molar-refractivity contribution in [1.82, 2.24) is 5.43 Å². The summed E-state index contributed by atoms with van der Waals surface area (Å²) in [5.41, 5.74) is 5.49. The second-order valence-electron chi connectivity index (χ2n) is 4.26. The van der Waals surface area contributed by atoms with E-state index in [9.17, 15) is 0 Å². The number of benzene rings is 1. The summed E-state index contributed by atoms with van der Waals surface area (Å²) in [6.07, 6.45) is 2.27. The minimum absolute atomic E-state index is 0.0677. The van der Waals surface area contributed by atoms with Crippen LogP contribution in [0.5, 0.6) is 0 Å². The highest BCUT2D eigenvalue weighted by atomic mass is 79.9. The number of rotatable bonds is 5. The summed E-state index contributed by atoms with van der Waals surface area (Å²) in [7, 11) is 0. The summed E-state index contributed by atoms with van der Waals surface area (Å²) in [6, 6.07) is 10.8. The molecule has 0 saturated heterocycles. The molecule has 0 fully saturated rings. The van der Waals surface area contributed by atoms with Crippen LogP contribution in [0, 0.1) is 0 Å². The van der Waals surface area contributed by atoms with E-state index in [2.05, 4.69) is 64.0 Å². The molecule has 1 atom stereocenters. The smallest absolute Gasteiger partial charge is 0.0803 e. The molecule has 0 amide bonds. The fourth-order valence-corrected chi connectivity index (χ4v) is 3.57. The molecule has 3 N–H and O–H groups in total. The maximum atomic E-state index is 5.71. The molecule has 1 heterocycles. The minimum atomic E-state index is 0.0677. The number of nitrogens with two attached hydrogens (primary N) is 1. The second-order valence-corrected chi connectivity index (χ2v) is 6.12. The van der Waals surface area contributed by atoms with Crippen LogP contribution in [0.1, 0.15) is 35.4 Å². The Hall–Kier alpha value is -0.680. The van der Waals surface area contributed by atoms with E-state index in [1.54, 1.807) is 11.3 Å². The Morgan fingerprint density at radius 2 is 2.22 bits per heavy atom. The number of halogens is 1. The van der Waals surface area contributed by atoms with Crippen LogP contribution in [0.15, 0.2) is 40.2 Å². The summed E-state index contributed by atoms with van der Waals surface area (Å²) in [5.74, 6) is 5.71. The van der Waals surface area contributed by atoms with E-state index >= 15 is 0 Å². The Balaban J connectivity index is 2.29. The van der Waals surface area contributed by atoms with Gasteiger partial charge in [0.2, 0.25) is 0 Å². The largest absolute Gasteiger partial charge is 0.271 e. The first-order chi connectivity index (χ1) is 8.74. The van der Waals surface area contributed by atoms with E-state index in [4.69, 9.17) is 5.84 Å². The van der Waals surface area contributed by atoms with Crippen LogP contribution >= 0.6 is 27.3 Å². The molecule has 0 bridgehead atoms. The van der Waals surface area contributed by atoms with Crippen LogP contribution in [0.4, 0.5) is 0 Å². The molecule has 1 aromatic heterocycles. The van der Waals surface area contributed by atoms with Crippen LogP contribution in [0.2, 0.25) is 0 Å². The Labute approximate surface area is 120 Å². The molecule has 96 valence electrons. The Kier molecular flexibility index (Phi) is 4.95. The van der Waals surface area contributed by atoms with Crippen molar-refractivity contribution in [2.24, 2.45) is 5.84 Å². The average molecular weight is 325 g/mol. The molecule has 0 aliphatic rings. The van der Waals surface area contributed by atoms with E-state index in [0.717, 1.165) is 17.3 Å². The van der Waals surface area contributed by atoms with Crippen molar-refractivity contribution in [3.05, 3.63) is 56.2 Å². The van der Waals surface area contributed by atoms with Gasteiger partial charge in [0.25, 0.3) is 0 Å². The van der Waals surface area contributed by atoms with Gasteiger partial charge in [0.05, 0.1) is 6.04 Å². The summed E-state index contributed by atoms with van der Waals surface area (Å²) in [5, 5.41) is 2.08. The van der Waals surface area contributed by atoms with Crippen LogP contribution in [0.3, 0.4) is 0 Å². The molecule has 0 radical (unpaired) electrons. The normalized spacial score (nSPS) is 12.6. The molecule has 2 rings (SSSR count). The highest BCUT2D eigenvalue weighted by Crippen LogP contribution is 2.30. The van der Waals surface area contributed by atoms with Crippen molar-refractivity contribution in [1.29, 1.82) is 0 Å². The van der Waals surface area contributed by atoms with Gasteiger partial charge >= 0.3 is 0 Å². The lowest BCUT2D eigenvalue weighted by molar-refractivity contribution is 0.645. The monoisotopic (exact) mass is 324 g/mol. The third-order valence-electron chi connectivity index (χ3n) is 2.86. The van der Waals surface area contributed by atoms with Crippen molar-refractivity contribution < 1.29 is 0 Å². The first-order valence-electron chi connectivity index (χ1n) is 6.03. The quantitative estimate of drug-likeness (QED) is 0.644. The Morgan fingerprint density at radius 3 is 2.83 bits per heavy atom. The molecular weight excluding hydrogens is 308 g/mol. The lowest BCUT2D eigenvalue weighted by Gasteiger charge is -2.15. The third kappa shape index (κ3) is 3.20. The van der Waals surface area contributed by atoms with Gasteiger partial charge in [0, 0.05) is 14.7 Å². The van der Waals surface area contributed by atoms with Gasteiger partial charge in [0.15, 0.2) is 0 Å². The minimum Gasteiger partial charge on any atom is -0.271 e. The molecule has 4 heteroatoms. The first-order valence-corrected chi connectivity index (χ1v) is 7.70. The van der Waals surface area contributed by atoms with Crippen molar-refractivity contribution in [2.75, 3.05) is 0 Å². The van der Waals surface area contributed by atoms with Gasteiger partial charge in [-0.25, -0.2) is 5.43 Å². The van der Waals surface area contributed by atoms with Crippen LogP contribution < -0.4 is 11.3 Å². The number of hydrazine groups is 1. The number of thiophene rings is 1. The molecule has 0 spiro atoms. The van der Waals surface area contributed by atoms with E-state index in [0.29, 0.717) is 0 Å². The van der Waals surface area contributed by atoms with Crippen LogP contribution in [-0.4, -0.2) is 0 Å². The van der Waals surface area contributed by atoms with Gasteiger partial charge in [-0.1, -0.05) is 37.6 Å². The Bertz CT molecular complexity index is 510. The zero-order valence-electron chi connectivity index (χ0n) is 10.3. The molecule has 1 unspecified atom stereocenters. The fourth-order valence-electron chi connectivity index (χ4n) is 2.04. The van der Waals surface area contributed by atoms with Crippen molar-refractivity contribution in [3.8, 4) is 0 Å². The lowest BCUT2D eigenvalue weighted by atomic mass is 10.0. The zero-order chi connectivity index (χ0) is 13.0. The summed E-state index contributed by atoms with van der Waals surface area (Å²) < 4.78 is 1.10. The van der Waals surface area contributed by atoms with Gasteiger partial charge < -0.3 is 0 Å². The topological polar surface area (TPSA) is 38.0 Å². The summed E-state index contributed by atoms with van der Waals surface area (Å²) in [6.45, 7) is 2.20. The number of hydrogen-bond donors (Lipinski definition) is 2. The highest BCUT2D eigenvalue weighted by Gasteiger charge is 2.14. The predicted octanol–water partition coefficient (Wildman–Crippen LogP) is 4.02. The van der Waals surface area contributed by atoms with Gasteiger partial charge in [0.1, 0.15) is 0 Å². The van der Waals surface area contributed by atoms with Crippen LogP contribution in [0.25, 0.3) is 0 Å². The maximum Gasteiger partial charge on any atom is 0.0803 e. The van der Waals surface area contributed by atoms with Gasteiger partial charge in [-0.3, -0.25) is 5.84 Å². The number of nitrogens with one attached hydrogen (secondary N) is 1. The van der Waals surface area contributed by atoms with E-state index in [1.807, 2.05) is 0 Å². The Morgan fingerprint density at radius 1 is 1.39 bits per heavy atom. The summed E-state index contributed by atoms with van der Waals surface area (Å²) >= 11 is 5.19. The second kappa shape index (κ2) is 6.48. The molecule has 1 aromatic carbocycles. The molecule has 0 saturated carbocycles. The highest BCUT2D eigenvalue weighted by molar-refractivity contribution is 9.10. The van der Waals surface area contributed by atoms with E-state index in [-0.39, 0.29) is 6.04 Å². The lowest BCUT2D eigenvalue weighted by Crippen LogP contribution is -2.28. The van der Waals surface area contributed by atoms with Gasteiger partial charge in [-0.05, 0) is 39.5 Å². The van der Waals surface area contributed by atoms with Gasteiger partial charge in [-0.2, -0.15) is 0 Å². The standard InChI is InChI=1S/C14H17BrN2S/c1-2-4-10-5-3-6-11(7-10)14(17-16)13-8-12(15)9-18-13/h3,5-9,14,17H,2,4,16H2,1H3. The van der Waals surface area contributed by atoms with Gasteiger partial charge in [-0.15, -0.1) is 11.3 Å². The average Bonchev–Trinajstić information content (AvgIpc) is 2.78. The molecular formula is C14H17BrN2S. The van der Waals surface area contributed by atoms with E-state index < -0.39 is 0 Å². The molecule has 18 heavy (non-hydrogen) atoms. The van der Waals surface area contributed by atoms with E-state index in [1.165, 1.54) is 16.0 Å². The predicted molar refractivity (Wildman–Crippen MR) is 81.6 cm³/mol. The maximum absolute atomic E-state index is 5.71.